The average molecular weight is 340 g/mol. The molecule has 1 atom stereocenters. The Bertz CT molecular complexity index is 570. The Balaban J connectivity index is 2.67. The first kappa shape index (κ1) is 19.2. The van der Waals surface area contributed by atoms with Crippen LogP contribution in [-0.4, -0.2) is 36.2 Å². The second-order valence-electron chi connectivity index (χ2n) is 4.88. The summed E-state index contributed by atoms with van der Waals surface area (Å²) in [5, 5.41) is 0.252. The zero-order valence-electron chi connectivity index (χ0n) is 13.7. The van der Waals surface area contributed by atoms with Crippen molar-refractivity contribution in [3.05, 3.63) is 41.4 Å². The summed E-state index contributed by atoms with van der Waals surface area (Å²) in [6.07, 6.45) is 0.873. The molecule has 1 aromatic rings. The number of halogens is 1. The summed E-state index contributed by atoms with van der Waals surface area (Å²) in [5.74, 6) is -0.700. The fourth-order valence-corrected chi connectivity index (χ4v) is 2.34. The number of hydrogen-bond acceptors (Lipinski definition) is 5. The van der Waals surface area contributed by atoms with E-state index in [1.807, 2.05) is 25.7 Å². The van der Waals surface area contributed by atoms with Crippen molar-refractivity contribution in [2.24, 2.45) is 0 Å². The van der Waals surface area contributed by atoms with Crippen LogP contribution in [0.5, 0.6) is 5.75 Å². The zero-order chi connectivity index (χ0) is 17.4. The van der Waals surface area contributed by atoms with Crippen LogP contribution in [0.4, 0.5) is 0 Å². The number of benzene rings is 1. The van der Waals surface area contributed by atoms with E-state index in [1.165, 1.54) is 0 Å². The number of hydrogen-bond donors (Lipinski definition) is 0. The van der Waals surface area contributed by atoms with Gasteiger partial charge in [0.1, 0.15) is 5.75 Å². The maximum atomic E-state index is 12.0. The van der Waals surface area contributed by atoms with Crippen LogP contribution in [0.2, 0.25) is 5.02 Å². The Morgan fingerprint density at radius 3 is 2.52 bits per heavy atom. The molecule has 0 aliphatic rings. The van der Waals surface area contributed by atoms with E-state index in [9.17, 15) is 9.59 Å². The van der Waals surface area contributed by atoms with Crippen molar-refractivity contribution in [3.8, 4) is 5.75 Å². The SMILES string of the molecule is C=CC(=O)Oc1ccc(CC(=O)OC(C)N(CC)CC)cc1Cl. The Kier molecular flexibility index (Phi) is 7.78. The number of carbonyl (C=O) groups excluding carboxylic acids is 2. The molecule has 0 heterocycles. The van der Waals surface area contributed by atoms with Gasteiger partial charge in [-0.1, -0.05) is 38.1 Å². The van der Waals surface area contributed by atoms with Gasteiger partial charge in [-0.15, -0.1) is 0 Å². The summed E-state index contributed by atoms with van der Waals surface area (Å²) < 4.78 is 10.4. The minimum atomic E-state index is -0.591. The van der Waals surface area contributed by atoms with E-state index in [2.05, 4.69) is 6.58 Å². The van der Waals surface area contributed by atoms with Crippen LogP contribution in [0.25, 0.3) is 0 Å². The van der Waals surface area contributed by atoms with Gasteiger partial charge in [-0.05, 0) is 37.7 Å². The van der Waals surface area contributed by atoms with Crippen LogP contribution in [0.15, 0.2) is 30.9 Å². The molecule has 0 saturated heterocycles. The maximum absolute atomic E-state index is 12.0. The van der Waals surface area contributed by atoms with Crippen LogP contribution in [0, 0.1) is 0 Å². The first-order chi connectivity index (χ1) is 10.9. The molecule has 0 saturated carbocycles. The molecule has 1 rings (SSSR count). The highest BCUT2D eigenvalue weighted by molar-refractivity contribution is 6.32. The van der Waals surface area contributed by atoms with Crippen LogP contribution < -0.4 is 4.74 Å². The van der Waals surface area contributed by atoms with Crippen molar-refractivity contribution in [2.75, 3.05) is 13.1 Å². The molecule has 126 valence electrons. The van der Waals surface area contributed by atoms with Gasteiger partial charge >= 0.3 is 11.9 Å². The second-order valence-corrected chi connectivity index (χ2v) is 5.28. The number of carbonyl (C=O) groups is 2. The number of nitrogens with zero attached hydrogens (tertiary/aromatic N) is 1. The van der Waals surface area contributed by atoms with Crippen LogP contribution in [0.3, 0.4) is 0 Å². The number of rotatable bonds is 8. The predicted molar refractivity (Wildman–Crippen MR) is 89.5 cm³/mol. The van der Waals surface area contributed by atoms with Crippen molar-refractivity contribution < 1.29 is 19.1 Å². The largest absolute Gasteiger partial charge is 0.446 e. The van der Waals surface area contributed by atoms with Crippen LogP contribution in [-0.2, 0) is 20.7 Å². The third-order valence-corrected chi connectivity index (χ3v) is 3.65. The zero-order valence-corrected chi connectivity index (χ0v) is 14.4. The fourth-order valence-electron chi connectivity index (χ4n) is 2.10. The van der Waals surface area contributed by atoms with Gasteiger partial charge in [0, 0.05) is 6.08 Å². The molecule has 6 heteroatoms. The molecule has 0 amide bonds. The van der Waals surface area contributed by atoms with Gasteiger partial charge in [0.25, 0.3) is 0 Å². The van der Waals surface area contributed by atoms with E-state index < -0.39 is 5.97 Å². The van der Waals surface area contributed by atoms with Gasteiger partial charge in [-0.2, -0.15) is 0 Å². The Labute approximate surface area is 141 Å². The van der Waals surface area contributed by atoms with Gasteiger partial charge in [-0.3, -0.25) is 9.69 Å². The summed E-state index contributed by atoms with van der Waals surface area (Å²) in [7, 11) is 0. The van der Waals surface area contributed by atoms with E-state index in [4.69, 9.17) is 21.1 Å². The van der Waals surface area contributed by atoms with E-state index in [0.717, 1.165) is 19.2 Å². The van der Waals surface area contributed by atoms with E-state index in [0.29, 0.717) is 5.56 Å². The third-order valence-electron chi connectivity index (χ3n) is 3.35. The maximum Gasteiger partial charge on any atom is 0.335 e. The molecule has 0 aromatic heterocycles. The van der Waals surface area contributed by atoms with Crippen LogP contribution in [0.1, 0.15) is 26.3 Å². The molecule has 5 nitrogen and oxygen atoms in total. The van der Waals surface area contributed by atoms with Crippen molar-refractivity contribution in [3.63, 3.8) is 0 Å². The summed E-state index contributed by atoms with van der Waals surface area (Å²) in [6, 6.07) is 4.79. The van der Waals surface area contributed by atoms with Gasteiger partial charge in [0.2, 0.25) is 0 Å². The summed E-state index contributed by atoms with van der Waals surface area (Å²) in [5.41, 5.74) is 0.685. The lowest BCUT2D eigenvalue weighted by molar-refractivity contribution is -0.156. The van der Waals surface area contributed by atoms with E-state index >= 15 is 0 Å². The normalized spacial score (nSPS) is 11.9. The molecule has 0 fully saturated rings. The van der Waals surface area contributed by atoms with Crippen molar-refractivity contribution in [2.45, 2.75) is 33.4 Å². The molecule has 0 spiro atoms. The third kappa shape index (κ3) is 6.04. The molecule has 0 N–H and O–H groups in total. The molecule has 23 heavy (non-hydrogen) atoms. The highest BCUT2D eigenvalue weighted by Crippen LogP contribution is 2.26. The molecule has 0 aliphatic carbocycles. The van der Waals surface area contributed by atoms with Gasteiger partial charge in [-0.25, -0.2) is 4.79 Å². The highest BCUT2D eigenvalue weighted by atomic mass is 35.5. The van der Waals surface area contributed by atoms with Crippen molar-refractivity contribution in [1.82, 2.24) is 4.90 Å². The average Bonchev–Trinajstić information content (AvgIpc) is 2.50. The highest BCUT2D eigenvalue weighted by Gasteiger charge is 2.16. The van der Waals surface area contributed by atoms with Crippen molar-refractivity contribution >= 4 is 23.5 Å². The topological polar surface area (TPSA) is 55.8 Å². The summed E-state index contributed by atoms with van der Waals surface area (Å²) >= 11 is 6.04. The Hall–Kier alpha value is -1.85. The molecule has 0 radical (unpaired) electrons. The second kappa shape index (κ2) is 9.33. The van der Waals surface area contributed by atoms with Crippen LogP contribution >= 0.6 is 11.6 Å². The lowest BCUT2D eigenvalue weighted by Gasteiger charge is -2.25. The fraction of sp³-hybridized carbons (Fsp3) is 0.412. The Morgan fingerprint density at radius 1 is 1.35 bits per heavy atom. The van der Waals surface area contributed by atoms with Gasteiger partial charge in [0.15, 0.2) is 6.23 Å². The monoisotopic (exact) mass is 339 g/mol. The molecule has 0 aliphatic heterocycles. The summed E-state index contributed by atoms with van der Waals surface area (Å²) in [6.45, 7) is 10.8. The number of ether oxygens (including phenoxy) is 2. The summed E-state index contributed by atoms with van der Waals surface area (Å²) in [4.78, 5) is 25.2. The minimum absolute atomic E-state index is 0.0982. The van der Waals surface area contributed by atoms with E-state index in [-0.39, 0.29) is 29.4 Å². The standard InChI is InChI=1S/C17H22ClNO4/c1-5-16(20)23-15-9-8-13(10-14(15)18)11-17(21)22-12(4)19(6-2)7-3/h5,8-10,12H,1,6-7,11H2,2-4H3. The molecule has 1 aromatic carbocycles. The Morgan fingerprint density at radius 2 is 2.00 bits per heavy atom. The lowest BCUT2D eigenvalue weighted by Crippen LogP contribution is -2.36. The first-order valence-electron chi connectivity index (χ1n) is 7.47. The lowest BCUT2D eigenvalue weighted by atomic mass is 10.1. The first-order valence-corrected chi connectivity index (χ1v) is 7.85. The minimum Gasteiger partial charge on any atom is -0.446 e. The predicted octanol–water partition coefficient (Wildman–Crippen LogP) is 3.20. The van der Waals surface area contributed by atoms with Crippen molar-refractivity contribution in [1.29, 1.82) is 0 Å². The van der Waals surface area contributed by atoms with Gasteiger partial charge < -0.3 is 9.47 Å². The number of esters is 2. The smallest absolute Gasteiger partial charge is 0.335 e. The molecular weight excluding hydrogens is 318 g/mol. The molecule has 1 unspecified atom stereocenters. The van der Waals surface area contributed by atoms with Gasteiger partial charge in [0.05, 0.1) is 11.4 Å². The molecular formula is C17H22ClNO4. The van der Waals surface area contributed by atoms with E-state index in [1.54, 1.807) is 18.2 Å². The quantitative estimate of drug-likeness (QED) is 0.315. The molecule has 0 bridgehead atoms.